The SMILES string of the molecule is Cl.Cl.N[C@@H]1CC[C@H](C(=O)O)C1.N[C@H]1CC[C@@H](C(=O)O)C1. The molecule has 6 N–H and O–H groups in total. The second-order valence-corrected chi connectivity index (χ2v) is 5.22. The van der Waals surface area contributed by atoms with Crippen molar-refractivity contribution in [1.82, 2.24) is 0 Å². The minimum atomic E-state index is -0.692. The standard InChI is InChI=1S/2C6H11NO2.2ClH/c2*7-5-2-1-4(3-5)6(8)9;;/h2*4-5H,1-3,7H2,(H,8,9);2*1H/t2*4-,5+;;/m10../s1. The first-order valence-electron chi connectivity index (χ1n) is 6.37. The fraction of sp³-hybridized carbons (Fsp3) is 0.833. The van der Waals surface area contributed by atoms with E-state index in [4.69, 9.17) is 21.7 Å². The number of nitrogens with two attached hydrogens (primary N) is 2. The molecule has 20 heavy (non-hydrogen) atoms. The van der Waals surface area contributed by atoms with Gasteiger partial charge in [-0.25, -0.2) is 0 Å². The van der Waals surface area contributed by atoms with Crippen molar-refractivity contribution in [2.75, 3.05) is 0 Å². The Bertz CT molecular complexity index is 288. The molecule has 2 aliphatic rings. The smallest absolute Gasteiger partial charge is 0.306 e. The third kappa shape index (κ3) is 7.28. The van der Waals surface area contributed by atoms with Gasteiger partial charge in [0.2, 0.25) is 0 Å². The van der Waals surface area contributed by atoms with Crippen LogP contribution in [0.15, 0.2) is 0 Å². The summed E-state index contributed by atoms with van der Waals surface area (Å²) in [6.45, 7) is 0. The third-order valence-corrected chi connectivity index (χ3v) is 3.64. The summed E-state index contributed by atoms with van der Waals surface area (Å²) in [5.41, 5.74) is 11.0. The molecule has 120 valence electrons. The van der Waals surface area contributed by atoms with Gasteiger partial charge in [0.05, 0.1) is 11.8 Å². The van der Waals surface area contributed by atoms with Crippen LogP contribution in [-0.2, 0) is 9.59 Å². The molecule has 0 unspecified atom stereocenters. The number of carboxylic acids is 2. The Morgan fingerprint density at radius 3 is 1.15 bits per heavy atom. The first-order chi connectivity index (χ1) is 8.40. The predicted octanol–water partition coefficient (Wildman–Crippen LogP) is 1.24. The van der Waals surface area contributed by atoms with Gasteiger partial charge >= 0.3 is 11.9 Å². The lowest BCUT2D eigenvalue weighted by molar-refractivity contribution is -0.142. The molecular weight excluding hydrogens is 307 g/mol. The fourth-order valence-corrected chi connectivity index (χ4v) is 2.48. The number of hydrogen-bond acceptors (Lipinski definition) is 4. The Morgan fingerprint density at radius 1 is 0.750 bits per heavy atom. The summed E-state index contributed by atoms with van der Waals surface area (Å²) in [7, 11) is 0. The van der Waals surface area contributed by atoms with E-state index >= 15 is 0 Å². The molecule has 0 aliphatic heterocycles. The summed E-state index contributed by atoms with van der Waals surface area (Å²) in [6.07, 6.45) is 4.59. The van der Waals surface area contributed by atoms with Crippen molar-refractivity contribution < 1.29 is 19.8 Å². The van der Waals surface area contributed by atoms with Crippen LogP contribution in [0.1, 0.15) is 38.5 Å². The quantitative estimate of drug-likeness (QED) is 0.603. The molecule has 0 bridgehead atoms. The summed E-state index contributed by atoms with van der Waals surface area (Å²) in [6, 6.07) is 0.261. The molecule has 0 spiro atoms. The minimum absolute atomic E-state index is 0. The number of hydrogen-bond donors (Lipinski definition) is 4. The zero-order chi connectivity index (χ0) is 13.7. The second kappa shape index (κ2) is 10.2. The van der Waals surface area contributed by atoms with E-state index in [2.05, 4.69) is 0 Å². The molecule has 0 saturated heterocycles. The highest BCUT2D eigenvalue weighted by Crippen LogP contribution is 2.24. The lowest BCUT2D eigenvalue weighted by Crippen LogP contribution is -2.17. The van der Waals surface area contributed by atoms with Gasteiger partial charge in [-0.05, 0) is 38.5 Å². The average Bonchev–Trinajstić information content (AvgIpc) is 2.88. The molecule has 0 amide bonds. The minimum Gasteiger partial charge on any atom is -0.481 e. The highest BCUT2D eigenvalue weighted by atomic mass is 35.5. The van der Waals surface area contributed by atoms with Crippen LogP contribution in [-0.4, -0.2) is 34.2 Å². The predicted molar refractivity (Wildman–Crippen MR) is 80.4 cm³/mol. The van der Waals surface area contributed by atoms with Crippen molar-refractivity contribution in [1.29, 1.82) is 0 Å². The van der Waals surface area contributed by atoms with Crippen molar-refractivity contribution in [3.8, 4) is 0 Å². The topological polar surface area (TPSA) is 127 Å². The zero-order valence-corrected chi connectivity index (χ0v) is 12.9. The first-order valence-corrected chi connectivity index (χ1v) is 6.37. The summed E-state index contributed by atoms with van der Waals surface area (Å²) in [5.74, 6) is -1.72. The van der Waals surface area contributed by atoms with Crippen LogP contribution < -0.4 is 11.5 Å². The summed E-state index contributed by atoms with van der Waals surface area (Å²) in [5, 5.41) is 17.0. The van der Waals surface area contributed by atoms with Crippen molar-refractivity contribution in [3.63, 3.8) is 0 Å². The van der Waals surface area contributed by atoms with Crippen LogP contribution in [0.3, 0.4) is 0 Å². The first kappa shape index (κ1) is 21.7. The van der Waals surface area contributed by atoms with Crippen LogP contribution in [0.5, 0.6) is 0 Å². The van der Waals surface area contributed by atoms with Crippen LogP contribution in [0.2, 0.25) is 0 Å². The maximum atomic E-state index is 10.3. The highest BCUT2D eigenvalue weighted by Gasteiger charge is 2.27. The van der Waals surface area contributed by atoms with Gasteiger partial charge in [0.25, 0.3) is 0 Å². The van der Waals surface area contributed by atoms with Gasteiger partial charge in [-0.15, -0.1) is 24.8 Å². The molecule has 2 rings (SSSR count). The molecule has 0 radical (unpaired) electrons. The molecule has 6 nitrogen and oxygen atoms in total. The number of carboxylic acid groups (broad SMARTS) is 2. The summed E-state index contributed by atoms with van der Waals surface area (Å²) < 4.78 is 0. The number of rotatable bonds is 2. The fourth-order valence-electron chi connectivity index (χ4n) is 2.48. The Balaban J connectivity index is 0. The molecule has 0 aromatic carbocycles. The lowest BCUT2D eigenvalue weighted by atomic mass is 10.1. The van der Waals surface area contributed by atoms with Gasteiger partial charge in [-0.1, -0.05) is 0 Å². The second-order valence-electron chi connectivity index (χ2n) is 5.22. The van der Waals surface area contributed by atoms with E-state index in [1.807, 2.05) is 0 Å². The van der Waals surface area contributed by atoms with E-state index in [0.29, 0.717) is 12.8 Å². The van der Waals surface area contributed by atoms with Gasteiger partial charge in [0, 0.05) is 12.1 Å². The van der Waals surface area contributed by atoms with E-state index in [-0.39, 0.29) is 48.7 Å². The van der Waals surface area contributed by atoms with Gasteiger partial charge in [0.15, 0.2) is 0 Å². The van der Waals surface area contributed by atoms with Gasteiger partial charge in [-0.3, -0.25) is 9.59 Å². The van der Waals surface area contributed by atoms with E-state index in [1.54, 1.807) is 0 Å². The zero-order valence-electron chi connectivity index (χ0n) is 11.2. The Labute approximate surface area is 131 Å². The molecule has 0 aromatic heterocycles. The maximum Gasteiger partial charge on any atom is 0.306 e. The van der Waals surface area contributed by atoms with Gasteiger partial charge < -0.3 is 21.7 Å². The largest absolute Gasteiger partial charge is 0.481 e. The number of halogens is 2. The molecule has 4 atom stereocenters. The van der Waals surface area contributed by atoms with Gasteiger partial charge in [0.1, 0.15) is 0 Å². The normalized spacial score (nSPS) is 31.3. The Morgan fingerprint density at radius 2 is 1.05 bits per heavy atom. The molecule has 0 heterocycles. The Kier molecular flexibility index (Phi) is 11.1. The number of carbonyl (C=O) groups is 2. The maximum absolute atomic E-state index is 10.3. The van der Waals surface area contributed by atoms with E-state index in [9.17, 15) is 9.59 Å². The van der Waals surface area contributed by atoms with Gasteiger partial charge in [-0.2, -0.15) is 0 Å². The summed E-state index contributed by atoms with van der Waals surface area (Å²) >= 11 is 0. The van der Waals surface area contributed by atoms with Crippen molar-refractivity contribution in [2.45, 2.75) is 50.6 Å². The molecule has 8 heteroatoms. The Hall–Kier alpha value is -0.560. The van der Waals surface area contributed by atoms with Crippen LogP contribution in [0, 0.1) is 11.8 Å². The van der Waals surface area contributed by atoms with Crippen LogP contribution in [0.25, 0.3) is 0 Å². The van der Waals surface area contributed by atoms with Crippen molar-refractivity contribution in [3.05, 3.63) is 0 Å². The highest BCUT2D eigenvalue weighted by molar-refractivity contribution is 5.85. The molecule has 0 aromatic rings. The molecule has 2 saturated carbocycles. The monoisotopic (exact) mass is 330 g/mol. The van der Waals surface area contributed by atoms with Crippen LogP contribution in [0.4, 0.5) is 0 Å². The third-order valence-electron chi connectivity index (χ3n) is 3.64. The summed E-state index contributed by atoms with van der Waals surface area (Å²) in [4.78, 5) is 20.6. The van der Waals surface area contributed by atoms with Crippen LogP contribution >= 0.6 is 24.8 Å². The van der Waals surface area contributed by atoms with E-state index < -0.39 is 11.9 Å². The van der Waals surface area contributed by atoms with Crippen molar-refractivity contribution in [2.24, 2.45) is 23.3 Å². The molecule has 2 aliphatic carbocycles. The number of aliphatic carboxylic acids is 2. The van der Waals surface area contributed by atoms with E-state index in [0.717, 1.165) is 25.7 Å². The van der Waals surface area contributed by atoms with Crippen molar-refractivity contribution >= 4 is 36.8 Å². The average molecular weight is 331 g/mol. The van der Waals surface area contributed by atoms with E-state index in [1.165, 1.54) is 0 Å². The molecule has 2 fully saturated rings. The lowest BCUT2D eigenvalue weighted by Gasteiger charge is -1.99. The molecular formula is C12H24Cl2N2O4.